The maximum absolute atomic E-state index is 2.40. The van der Waals surface area contributed by atoms with E-state index in [0.717, 1.165) is 0 Å². The van der Waals surface area contributed by atoms with Gasteiger partial charge in [0, 0.05) is 0 Å². The average molecular weight is 438 g/mol. The van der Waals surface area contributed by atoms with Gasteiger partial charge in [-0.2, -0.15) is 16.8 Å². The zero-order valence-electron chi connectivity index (χ0n) is 15.2. The van der Waals surface area contributed by atoms with E-state index in [-0.39, 0.29) is 64.4 Å². The molecule has 0 spiro atoms. The summed E-state index contributed by atoms with van der Waals surface area (Å²) in [5, 5.41) is 3.24. The first-order valence-electron chi connectivity index (χ1n) is 7.78. The predicted molar refractivity (Wildman–Crippen MR) is 93.2 cm³/mol. The Hall–Kier alpha value is 0.371. The quantitative estimate of drug-likeness (QED) is 0.333. The molecular formula is C19H27Cl3SiTi. The van der Waals surface area contributed by atoms with E-state index in [1.165, 1.54) is 12.1 Å². The number of hydrogen-bond acceptors (Lipinski definition) is 0. The Labute approximate surface area is 182 Å². The first kappa shape index (κ1) is 29.1. The van der Waals surface area contributed by atoms with Crippen molar-refractivity contribution in [3.8, 4) is 0 Å². The first-order valence-corrected chi connectivity index (χ1v) is 10.2. The van der Waals surface area contributed by atoms with Crippen LogP contribution in [0.1, 0.15) is 40.2 Å². The Morgan fingerprint density at radius 3 is 1.75 bits per heavy atom. The maximum Gasteiger partial charge on any atom is 4.00 e. The molecule has 0 saturated carbocycles. The summed E-state index contributed by atoms with van der Waals surface area (Å²) < 4.78 is 0. The molecular weight excluding hydrogens is 411 g/mol. The molecule has 0 aliphatic rings. The minimum absolute atomic E-state index is 0. The molecule has 0 radical (unpaired) electrons. The van der Waals surface area contributed by atoms with Crippen molar-refractivity contribution in [3.05, 3.63) is 54.1 Å². The summed E-state index contributed by atoms with van der Waals surface area (Å²) in [6.07, 6.45) is 0. The Bertz CT molecular complexity index is 557. The van der Waals surface area contributed by atoms with Gasteiger partial charge < -0.3 is 37.2 Å². The molecule has 0 saturated heterocycles. The van der Waals surface area contributed by atoms with Crippen LogP contribution in [0.2, 0.25) is 12.1 Å². The molecule has 5 heteroatoms. The molecule has 0 nitrogen and oxygen atoms in total. The number of hydrogen-bond donors (Lipinski definition) is 0. The second-order valence-electron chi connectivity index (χ2n) is 6.76. The average Bonchev–Trinajstić information content (AvgIpc) is 2.92. The third-order valence-electron chi connectivity index (χ3n) is 4.67. The van der Waals surface area contributed by atoms with Crippen LogP contribution in [0.4, 0.5) is 0 Å². The first-order chi connectivity index (χ1) is 9.45. The number of benzene rings is 1. The van der Waals surface area contributed by atoms with Crippen LogP contribution in [0.5, 0.6) is 0 Å². The van der Waals surface area contributed by atoms with E-state index in [1.807, 2.05) is 0 Å². The summed E-state index contributed by atoms with van der Waals surface area (Å²) in [6.45, 7) is 11.8. The Balaban J connectivity index is -0.00000110. The summed E-state index contributed by atoms with van der Waals surface area (Å²) in [5.41, 5.74) is 1.78. The van der Waals surface area contributed by atoms with Gasteiger partial charge in [0.05, 0.1) is 8.07 Å². The Morgan fingerprint density at radius 2 is 1.33 bits per heavy atom. The van der Waals surface area contributed by atoms with Crippen molar-refractivity contribution in [2.75, 3.05) is 0 Å². The summed E-state index contributed by atoms with van der Waals surface area (Å²) >= 11 is 0. The van der Waals surface area contributed by atoms with E-state index < -0.39 is 8.07 Å². The fraction of sp³-hybridized carbons (Fsp3) is 0.421. The Kier molecular flexibility index (Phi) is 14.4. The standard InChI is InChI=1S/C19H27Si.3ClH.Ti/c1-6-20(7-2,16-12-9-8-10-13-16)18-15-11-14-17(18)19(3,4)5;;;;/h8-15H,6-7H2,1-5H3;3*1H;/q-1;;;;+4/p-3. The molecule has 2 aromatic rings. The fourth-order valence-corrected chi connectivity index (χ4v) is 8.05. The third kappa shape index (κ3) is 5.69. The topological polar surface area (TPSA) is 0 Å². The minimum atomic E-state index is -1.60. The molecule has 0 aromatic heterocycles. The molecule has 0 heterocycles. The fourth-order valence-electron chi connectivity index (χ4n) is 3.44. The van der Waals surface area contributed by atoms with Crippen LogP contribution in [0.25, 0.3) is 0 Å². The molecule has 0 bridgehead atoms. The van der Waals surface area contributed by atoms with Crippen molar-refractivity contribution in [3.63, 3.8) is 0 Å². The molecule has 0 atom stereocenters. The SMILES string of the molecule is CC[Si](CC)(c1ccccc1)[c-]1cccc1C(C)(C)C.[Cl-].[Cl-].[Cl-].[Ti+4]. The van der Waals surface area contributed by atoms with E-state index in [4.69, 9.17) is 0 Å². The van der Waals surface area contributed by atoms with Crippen molar-refractivity contribution in [1.29, 1.82) is 0 Å². The van der Waals surface area contributed by atoms with Gasteiger partial charge in [-0.15, -0.1) is 0 Å². The molecule has 0 aliphatic heterocycles. The van der Waals surface area contributed by atoms with Gasteiger partial charge in [0.15, 0.2) is 0 Å². The summed E-state index contributed by atoms with van der Waals surface area (Å²) in [4.78, 5) is 0. The van der Waals surface area contributed by atoms with E-state index in [2.05, 4.69) is 83.1 Å². The molecule has 24 heavy (non-hydrogen) atoms. The van der Waals surface area contributed by atoms with Crippen LogP contribution in [-0.2, 0) is 27.1 Å². The summed E-state index contributed by atoms with van der Waals surface area (Å²) in [6, 6.07) is 20.8. The predicted octanol–water partition coefficient (Wildman–Crippen LogP) is -4.68. The summed E-state index contributed by atoms with van der Waals surface area (Å²) in [5.74, 6) is 0. The third-order valence-corrected chi connectivity index (χ3v) is 9.99. The molecule has 0 fully saturated rings. The molecule has 0 amide bonds. The van der Waals surface area contributed by atoms with Gasteiger partial charge in [0.1, 0.15) is 0 Å². The van der Waals surface area contributed by atoms with E-state index in [0.29, 0.717) is 0 Å². The van der Waals surface area contributed by atoms with Gasteiger partial charge in [-0.3, -0.25) is 0 Å². The monoisotopic (exact) mass is 436 g/mol. The van der Waals surface area contributed by atoms with Gasteiger partial charge in [0.25, 0.3) is 0 Å². The smallest absolute Gasteiger partial charge is 1.00 e. The second-order valence-corrected chi connectivity index (χ2v) is 11.5. The van der Waals surface area contributed by atoms with Gasteiger partial charge in [-0.05, 0) is 5.41 Å². The van der Waals surface area contributed by atoms with Crippen LogP contribution < -0.4 is 47.6 Å². The van der Waals surface area contributed by atoms with E-state index in [9.17, 15) is 0 Å². The molecule has 2 rings (SSSR count). The van der Waals surface area contributed by atoms with Crippen LogP contribution in [0.3, 0.4) is 0 Å². The van der Waals surface area contributed by atoms with Crippen LogP contribution in [0.15, 0.2) is 48.5 Å². The number of rotatable bonds is 4. The maximum atomic E-state index is 2.40. The van der Waals surface area contributed by atoms with Gasteiger partial charge in [-0.1, -0.05) is 82.2 Å². The molecule has 0 N–H and O–H groups in total. The zero-order valence-corrected chi connectivity index (χ0v) is 20.0. The molecule has 2 aromatic carbocycles. The van der Waals surface area contributed by atoms with Crippen molar-refractivity contribution < 1.29 is 58.9 Å². The van der Waals surface area contributed by atoms with Crippen LogP contribution in [-0.4, -0.2) is 8.07 Å². The summed E-state index contributed by atoms with van der Waals surface area (Å²) in [7, 11) is -1.60. The normalized spacial score (nSPS) is 10.5. The zero-order chi connectivity index (χ0) is 14.8. The molecule has 0 unspecified atom stereocenters. The van der Waals surface area contributed by atoms with Crippen molar-refractivity contribution >= 4 is 18.4 Å². The minimum Gasteiger partial charge on any atom is -1.00 e. The van der Waals surface area contributed by atoms with Crippen molar-refractivity contribution in [2.45, 2.75) is 52.1 Å². The van der Waals surface area contributed by atoms with E-state index >= 15 is 0 Å². The van der Waals surface area contributed by atoms with Crippen molar-refractivity contribution in [1.82, 2.24) is 0 Å². The van der Waals surface area contributed by atoms with Crippen LogP contribution in [0, 0.1) is 0 Å². The van der Waals surface area contributed by atoms with Gasteiger partial charge in [0.2, 0.25) is 0 Å². The van der Waals surface area contributed by atoms with Gasteiger partial charge in [-0.25, -0.2) is 12.1 Å². The van der Waals surface area contributed by atoms with Crippen molar-refractivity contribution in [2.24, 2.45) is 0 Å². The van der Waals surface area contributed by atoms with E-state index in [1.54, 1.807) is 15.9 Å². The largest absolute Gasteiger partial charge is 4.00 e. The second kappa shape index (κ2) is 11.9. The molecule has 0 aliphatic carbocycles. The molecule has 132 valence electrons. The van der Waals surface area contributed by atoms with Gasteiger partial charge >= 0.3 is 21.7 Å². The Morgan fingerprint density at radius 1 is 0.833 bits per heavy atom. The number of halogens is 3. The van der Waals surface area contributed by atoms with Crippen LogP contribution >= 0.6 is 0 Å².